The Morgan fingerprint density at radius 3 is 2.81 bits per heavy atom. The van der Waals surface area contributed by atoms with Crippen molar-refractivity contribution in [3.8, 4) is 0 Å². The fraction of sp³-hybridized carbons (Fsp3) is 0.400. The van der Waals surface area contributed by atoms with Crippen LogP contribution in [0.5, 0.6) is 0 Å². The van der Waals surface area contributed by atoms with Crippen LogP contribution in [0.4, 0.5) is 0 Å². The molecule has 1 rings (SSSR count). The highest BCUT2D eigenvalue weighted by atomic mass is 16.4. The van der Waals surface area contributed by atoms with Crippen molar-refractivity contribution in [2.45, 2.75) is 25.8 Å². The van der Waals surface area contributed by atoms with E-state index in [1.807, 2.05) is 6.92 Å². The molecule has 0 bridgehead atoms. The molecule has 1 aromatic rings. The smallest absolute Gasteiger partial charge is 0.326 e. The largest absolute Gasteiger partial charge is 0.480 e. The van der Waals surface area contributed by atoms with Gasteiger partial charge in [0, 0.05) is 6.20 Å². The van der Waals surface area contributed by atoms with Crippen molar-refractivity contribution < 1.29 is 14.7 Å². The predicted octanol–water partition coefficient (Wildman–Crippen LogP) is 0.460. The molecule has 86 valence electrons. The molecule has 1 atom stereocenters. The lowest BCUT2D eigenvalue weighted by Crippen LogP contribution is -2.40. The summed E-state index contributed by atoms with van der Waals surface area (Å²) in [4.78, 5) is 29.8. The van der Waals surface area contributed by atoms with Gasteiger partial charge in [-0.1, -0.05) is 13.3 Å². The zero-order chi connectivity index (χ0) is 12.0. The van der Waals surface area contributed by atoms with E-state index in [0.29, 0.717) is 12.8 Å². The van der Waals surface area contributed by atoms with Crippen LogP contribution in [0.25, 0.3) is 0 Å². The van der Waals surface area contributed by atoms with Gasteiger partial charge in [0.2, 0.25) is 0 Å². The summed E-state index contributed by atoms with van der Waals surface area (Å²) >= 11 is 0. The topological polar surface area (TPSA) is 92.2 Å². The van der Waals surface area contributed by atoms with Crippen LogP contribution in [0.3, 0.4) is 0 Å². The number of carbonyl (C=O) groups excluding carboxylic acids is 1. The third kappa shape index (κ3) is 3.30. The molecular weight excluding hydrogens is 210 g/mol. The van der Waals surface area contributed by atoms with Gasteiger partial charge in [-0.25, -0.2) is 14.8 Å². The van der Waals surface area contributed by atoms with E-state index in [9.17, 15) is 9.59 Å². The molecule has 1 heterocycles. The van der Waals surface area contributed by atoms with Gasteiger partial charge in [0.15, 0.2) is 0 Å². The Morgan fingerprint density at radius 1 is 1.56 bits per heavy atom. The molecule has 0 spiro atoms. The normalized spacial score (nSPS) is 11.8. The number of nitrogens with one attached hydrogen (secondary N) is 1. The molecule has 0 radical (unpaired) electrons. The van der Waals surface area contributed by atoms with E-state index >= 15 is 0 Å². The summed E-state index contributed by atoms with van der Waals surface area (Å²) in [6, 6.07) is 0.563. The monoisotopic (exact) mass is 223 g/mol. The van der Waals surface area contributed by atoms with Crippen LogP contribution in [0.15, 0.2) is 18.6 Å². The summed E-state index contributed by atoms with van der Waals surface area (Å²) in [5, 5.41) is 11.3. The Hall–Kier alpha value is -1.98. The van der Waals surface area contributed by atoms with Crippen molar-refractivity contribution in [3.05, 3.63) is 24.3 Å². The lowest BCUT2D eigenvalue weighted by molar-refractivity contribution is -0.139. The van der Waals surface area contributed by atoms with Gasteiger partial charge in [0.25, 0.3) is 5.91 Å². The zero-order valence-corrected chi connectivity index (χ0v) is 8.88. The Labute approximate surface area is 92.7 Å². The van der Waals surface area contributed by atoms with Crippen LogP contribution < -0.4 is 5.32 Å². The summed E-state index contributed by atoms with van der Waals surface area (Å²) < 4.78 is 0. The summed E-state index contributed by atoms with van der Waals surface area (Å²) in [5.74, 6) is -1.53. The average molecular weight is 223 g/mol. The van der Waals surface area contributed by atoms with Crippen LogP contribution in [-0.2, 0) is 4.79 Å². The molecule has 0 saturated carbocycles. The summed E-state index contributed by atoms with van der Waals surface area (Å²) in [5.41, 5.74) is 0.164. The molecule has 1 aromatic heterocycles. The van der Waals surface area contributed by atoms with Gasteiger partial charge in [0.05, 0.1) is 0 Å². The quantitative estimate of drug-likeness (QED) is 0.756. The highest BCUT2D eigenvalue weighted by Crippen LogP contribution is 1.99. The van der Waals surface area contributed by atoms with Gasteiger partial charge in [-0.3, -0.25) is 4.79 Å². The van der Waals surface area contributed by atoms with E-state index in [1.165, 1.54) is 18.6 Å². The van der Waals surface area contributed by atoms with Crippen molar-refractivity contribution in [1.29, 1.82) is 0 Å². The molecule has 16 heavy (non-hydrogen) atoms. The molecule has 2 N–H and O–H groups in total. The second-order valence-corrected chi connectivity index (χ2v) is 3.25. The van der Waals surface area contributed by atoms with E-state index in [-0.39, 0.29) is 5.69 Å². The number of amides is 1. The van der Waals surface area contributed by atoms with Crippen molar-refractivity contribution in [1.82, 2.24) is 15.3 Å². The molecule has 0 aromatic carbocycles. The number of rotatable bonds is 5. The number of nitrogens with zero attached hydrogens (tertiary/aromatic N) is 2. The molecule has 6 nitrogen and oxygen atoms in total. The molecular formula is C10H13N3O3. The molecule has 1 amide bonds. The Morgan fingerprint density at radius 2 is 2.31 bits per heavy atom. The van der Waals surface area contributed by atoms with E-state index < -0.39 is 17.9 Å². The number of carboxylic acids is 1. The molecule has 6 heteroatoms. The maximum atomic E-state index is 11.6. The van der Waals surface area contributed by atoms with Gasteiger partial charge in [-0.15, -0.1) is 0 Å². The number of carbonyl (C=O) groups is 2. The number of hydrogen-bond donors (Lipinski definition) is 2. The Bertz CT molecular complexity index is 367. The fourth-order valence-corrected chi connectivity index (χ4v) is 1.20. The number of aliphatic carboxylic acids is 1. The summed E-state index contributed by atoms with van der Waals surface area (Å²) in [6.45, 7) is 1.85. The van der Waals surface area contributed by atoms with Crippen LogP contribution >= 0.6 is 0 Å². The molecule has 0 aliphatic heterocycles. The van der Waals surface area contributed by atoms with Crippen LogP contribution in [0.2, 0.25) is 0 Å². The first-order valence-corrected chi connectivity index (χ1v) is 4.94. The second kappa shape index (κ2) is 5.79. The van der Waals surface area contributed by atoms with E-state index in [1.54, 1.807) is 0 Å². The van der Waals surface area contributed by atoms with E-state index in [4.69, 9.17) is 5.11 Å². The van der Waals surface area contributed by atoms with E-state index in [0.717, 1.165) is 0 Å². The van der Waals surface area contributed by atoms with E-state index in [2.05, 4.69) is 15.3 Å². The third-order valence-electron chi connectivity index (χ3n) is 2.00. The van der Waals surface area contributed by atoms with Crippen LogP contribution in [0.1, 0.15) is 30.3 Å². The van der Waals surface area contributed by atoms with Gasteiger partial charge in [0.1, 0.15) is 18.1 Å². The van der Waals surface area contributed by atoms with Gasteiger partial charge >= 0.3 is 5.97 Å². The predicted molar refractivity (Wildman–Crippen MR) is 55.8 cm³/mol. The minimum absolute atomic E-state index is 0.164. The Kier molecular flexibility index (Phi) is 4.38. The first kappa shape index (κ1) is 12.1. The van der Waals surface area contributed by atoms with Crippen molar-refractivity contribution in [2.75, 3.05) is 0 Å². The van der Waals surface area contributed by atoms with Crippen LogP contribution in [-0.4, -0.2) is 33.0 Å². The maximum absolute atomic E-state index is 11.6. The van der Waals surface area contributed by atoms with Crippen LogP contribution in [0, 0.1) is 0 Å². The number of aromatic nitrogens is 2. The zero-order valence-electron chi connectivity index (χ0n) is 8.88. The SMILES string of the molecule is CCCC(NC(=O)c1ccncn1)C(=O)O. The minimum atomic E-state index is -1.04. The average Bonchev–Trinajstić information content (AvgIpc) is 2.29. The molecule has 1 unspecified atom stereocenters. The van der Waals surface area contributed by atoms with Crippen molar-refractivity contribution >= 4 is 11.9 Å². The highest BCUT2D eigenvalue weighted by molar-refractivity contribution is 5.94. The van der Waals surface area contributed by atoms with Gasteiger partial charge < -0.3 is 10.4 Å². The number of carboxylic acid groups (broad SMARTS) is 1. The molecule has 0 saturated heterocycles. The van der Waals surface area contributed by atoms with Crippen molar-refractivity contribution in [2.24, 2.45) is 0 Å². The second-order valence-electron chi connectivity index (χ2n) is 3.25. The standard InChI is InChI=1S/C10H13N3O3/c1-2-3-8(10(15)16)13-9(14)7-4-5-11-6-12-7/h4-6,8H,2-3H2,1H3,(H,13,14)(H,15,16). The van der Waals surface area contributed by atoms with Crippen molar-refractivity contribution in [3.63, 3.8) is 0 Å². The Balaban J connectivity index is 2.65. The van der Waals surface area contributed by atoms with Gasteiger partial charge in [-0.05, 0) is 12.5 Å². The molecule has 0 aliphatic carbocycles. The highest BCUT2D eigenvalue weighted by Gasteiger charge is 2.19. The first-order valence-electron chi connectivity index (χ1n) is 4.94. The molecule has 0 aliphatic rings. The fourth-order valence-electron chi connectivity index (χ4n) is 1.20. The third-order valence-corrected chi connectivity index (χ3v) is 2.00. The van der Waals surface area contributed by atoms with Gasteiger partial charge in [-0.2, -0.15) is 0 Å². The summed E-state index contributed by atoms with van der Waals surface area (Å²) in [6.07, 6.45) is 3.75. The summed E-state index contributed by atoms with van der Waals surface area (Å²) in [7, 11) is 0. The lowest BCUT2D eigenvalue weighted by atomic mass is 10.1. The minimum Gasteiger partial charge on any atom is -0.480 e. The molecule has 0 fully saturated rings. The lowest BCUT2D eigenvalue weighted by Gasteiger charge is -2.12. The number of hydrogen-bond acceptors (Lipinski definition) is 4. The maximum Gasteiger partial charge on any atom is 0.326 e. The first-order chi connectivity index (χ1) is 7.65.